The first-order valence-electron chi connectivity index (χ1n) is 7.53. The molecule has 20 heavy (non-hydrogen) atoms. The van der Waals surface area contributed by atoms with Gasteiger partial charge in [0, 0.05) is 30.7 Å². The van der Waals surface area contributed by atoms with Crippen LogP contribution in [-0.2, 0) is 14.6 Å². The number of nitrogens with zero attached hydrogens (tertiary/aromatic N) is 1. The predicted octanol–water partition coefficient (Wildman–Crippen LogP) is 0.639. The summed E-state index contributed by atoms with van der Waals surface area (Å²) in [4.78, 5) is 2.22. The molecule has 0 aromatic heterocycles. The molecule has 5 nitrogen and oxygen atoms in total. The van der Waals surface area contributed by atoms with Crippen LogP contribution >= 0.6 is 0 Å². The topological polar surface area (TPSA) is 72.6 Å². The van der Waals surface area contributed by atoms with Crippen LogP contribution in [0.4, 0.5) is 0 Å². The van der Waals surface area contributed by atoms with Gasteiger partial charge in [0.25, 0.3) is 0 Å². The minimum atomic E-state index is -2.85. The average Bonchev–Trinajstić information content (AvgIpc) is 2.51. The van der Waals surface area contributed by atoms with E-state index in [0.717, 1.165) is 19.5 Å². The molecule has 0 spiro atoms. The van der Waals surface area contributed by atoms with Crippen molar-refractivity contribution in [1.82, 2.24) is 4.90 Å². The summed E-state index contributed by atoms with van der Waals surface area (Å²) in [6, 6.07) is 0. The Morgan fingerprint density at radius 1 is 1.30 bits per heavy atom. The van der Waals surface area contributed by atoms with Gasteiger partial charge in [-0.25, -0.2) is 8.42 Å². The summed E-state index contributed by atoms with van der Waals surface area (Å²) < 4.78 is 29.0. The van der Waals surface area contributed by atoms with Gasteiger partial charge in [0.05, 0.1) is 17.6 Å². The van der Waals surface area contributed by atoms with Crippen molar-refractivity contribution in [1.29, 1.82) is 0 Å². The van der Waals surface area contributed by atoms with E-state index in [0.29, 0.717) is 25.3 Å². The van der Waals surface area contributed by atoms with Crippen molar-refractivity contribution in [2.75, 3.05) is 37.7 Å². The van der Waals surface area contributed by atoms with Crippen LogP contribution in [0.5, 0.6) is 0 Å². The van der Waals surface area contributed by atoms with E-state index in [2.05, 4.69) is 18.7 Å². The second-order valence-corrected chi connectivity index (χ2v) is 9.11. The first kappa shape index (κ1) is 16.2. The van der Waals surface area contributed by atoms with Gasteiger partial charge in [0.2, 0.25) is 0 Å². The molecule has 1 saturated carbocycles. The van der Waals surface area contributed by atoms with Crippen molar-refractivity contribution < 1.29 is 13.2 Å². The second kappa shape index (κ2) is 5.55. The molecule has 118 valence electrons. The third-order valence-electron chi connectivity index (χ3n) is 5.16. The Bertz CT molecular complexity index is 449. The van der Waals surface area contributed by atoms with E-state index in [1.807, 2.05) is 6.92 Å². The lowest BCUT2D eigenvalue weighted by atomic mass is 9.54. The summed E-state index contributed by atoms with van der Waals surface area (Å²) in [5.74, 6) is 0.574. The van der Waals surface area contributed by atoms with Crippen LogP contribution in [0, 0.1) is 5.41 Å². The van der Waals surface area contributed by atoms with E-state index in [4.69, 9.17) is 10.5 Å². The number of hydrogen-bond donors (Lipinski definition) is 1. The lowest BCUT2D eigenvalue weighted by molar-refractivity contribution is -0.156. The quantitative estimate of drug-likeness (QED) is 0.825. The second-order valence-electron chi connectivity index (χ2n) is 6.81. The van der Waals surface area contributed by atoms with Gasteiger partial charge in [0.15, 0.2) is 9.84 Å². The molecule has 2 N–H and O–H groups in total. The number of rotatable bonds is 4. The maximum absolute atomic E-state index is 11.7. The molecule has 2 aliphatic rings. The molecule has 2 fully saturated rings. The molecule has 2 atom stereocenters. The highest BCUT2D eigenvalue weighted by Gasteiger charge is 2.58. The van der Waals surface area contributed by atoms with Gasteiger partial charge < -0.3 is 15.4 Å². The van der Waals surface area contributed by atoms with Gasteiger partial charge in [-0.3, -0.25) is 0 Å². The molecular weight excluding hydrogens is 276 g/mol. The van der Waals surface area contributed by atoms with Gasteiger partial charge in [-0.2, -0.15) is 0 Å². The largest absolute Gasteiger partial charge is 0.378 e. The zero-order chi connectivity index (χ0) is 15.0. The molecule has 6 heteroatoms. The standard InChI is InChI=1S/C14H28N2O3S/c1-4-19-12-10-14(15,13(12,2)3)11-16-6-5-8-20(17,18)9-7-16/h12H,4-11,15H2,1-3H3. The zero-order valence-electron chi connectivity index (χ0n) is 12.9. The van der Waals surface area contributed by atoms with Crippen molar-refractivity contribution in [2.24, 2.45) is 11.1 Å². The number of nitrogens with two attached hydrogens (primary N) is 1. The van der Waals surface area contributed by atoms with E-state index >= 15 is 0 Å². The summed E-state index contributed by atoms with van der Waals surface area (Å²) >= 11 is 0. The molecule has 1 saturated heterocycles. The molecular formula is C14H28N2O3S. The fourth-order valence-corrected chi connectivity index (χ4v) is 4.63. The van der Waals surface area contributed by atoms with Crippen LogP contribution in [0.2, 0.25) is 0 Å². The number of sulfone groups is 1. The Kier molecular flexibility index (Phi) is 4.50. The average molecular weight is 304 g/mol. The Hall–Kier alpha value is -0.170. The molecule has 1 aliphatic heterocycles. The first-order valence-corrected chi connectivity index (χ1v) is 9.35. The molecule has 0 aromatic carbocycles. The Morgan fingerprint density at radius 2 is 2.00 bits per heavy atom. The smallest absolute Gasteiger partial charge is 0.151 e. The normalized spacial score (nSPS) is 37.1. The van der Waals surface area contributed by atoms with Gasteiger partial charge in [0.1, 0.15) is 0 Å². The van der Waals surface area contributed by atoms with Crippen LogP contribution in [0.3, 0.4) is 0 Å². The van der Waals surface area contributed by atoms with Crippen LogP contribution < -0.4 is 5.73 Å². The summed E-state index contributed by atoms with van der Waals surface area (Å²) in [5.41, 5.74) is 6.24. The molecule has 1 heterocycles. The monoisotopic (exact) mass is 304 g/mol. The molecule has 2 unspecified atom stereocenters. The van der Waals surface area contributed by atoms with E-state index in [9.17, 15) is 8.42 Å². The van der Waals surface area contributed by atoms with Crippen LogP contribution in [-0.4, -0.2) is 62.7 Å². The maximum Gasteiger partial charge on any atom is 0.151 e. The minimum Gasteiger partial charge on any atom is -0.378 e. The third-order valence-corrected chi connectivity index (χ3v) is 6.87. The summed E-state index contributed by atoms with van der Waals surface area (Å²) in [6.07, 6.45) is 1.79. The Morgan fingerprint density at radius 3 is 2.60 bits per heavy atom. The fourth-order valence-electron chi connectivity index (χ4n) is 3.32. The van der Waals surface area contributed by atoms with Crippen molar-refractivity contribution in [2.45, 2.75) is 45.3 Å². The minimum absolute atomic E-state index is 0.0613. The first-order chi connectivity index (χ1) is 9.20. The van der Waals surface area contributed by atoms with Gasteiger partial charge in [-0.15, -0.1) is 0 Å². The summed E-state index contributed by atoms with van der Waals surface area (Å²) in [6.45, 7) is 9.23. The van der Waals surface area contributed by atoms with Crippen molar-refractivity contribution in [3.8, 4) is 0 Å². The number of hydrogen-bond acceptors (Lipinski definition) is 5. The third kappa shape index (κ3) is 3.03. The zero-order valence-corrected chi connectivity index (χ0v) is 13.7. The highest BCUT2D eigenvalue weighted by Crippen LogP contribution is 2.50. The van der Waals surface area contributed by atoms with Gasteiger partial charge in [-0.05, 0) is 26.3 Å². The molecule has 0 radical (unpaired) electrons. The van der Waals surface area contributed by atoms with E-state index < -0.39 is 9.84 Å². The Labute approximate surface area is 122 Å². The highest BCUT2D eigenvalue weighted by atomic mass is 32.2. The maximum atomic E-state index is 11.7. The van der Waals surface area contributed by atoms with Crippen LogP contribution in [0.25, 0.3) is 0 Å². The van der Waals surface area contributed by atoms with E-state index in [-0.39, 0.29) is 22.8 Å². The van der Waals surface area contributed by atoms with Gasteiger partial charge in [-0.1, -0.05) is 13.8 Å². The van der Waals surface area contributed by atoms with Crippen molar-refractivity contribution in [3.63, 3.8) is 0 Å². The number of ether oxygens (including phenoxy) is 1. The summed E-state index contributed by atoms with van der Waals surface area (Å²) in [5, 5.41) is 0. The fraction of sp³-hybridized carbons (Fsp3) is 1.00. The molecule has 1 aliphatic carbocycles. The molecule has 2 rings (SSSR count). The molecule has 0 bridgehead atoms. The lowest BCUT2D eigenvalue weighted by Gasteiger charge is -2.60. The van der Waals surface area contributed by atoms with Crippen LogP contribution in [0.1, 0.15) is 33.6 Å². The Balaban J connectivity index is 1.96. The predicted molar refractivity (Wildman–Crippen MR) is 80.4 cm³/mol. The summed E-state index contributed by atoms with van der Waals surface area (Å²) in [7, 11) is -2.85. The highest BCUT2D eigenvalue weighted by molar-refractivity contribution is 7.91. The van der Waals surface area contributed by atoms with Gasteiger partial charge >= 0.3 is 0 Å². The van der Waals surface area contributed by atoms with E-state index in [1.54, 1.807) is 0 Å². The van der Waals surface area contributed by atoms with Crippen molar-refractivity contribution in [3.05, 3.63) is 0 Å². The SMILES string of the molecule is CCOC1CC(N)(CN2CCCS(=O)(=O)CC2)C1(C)C. The lowest BCUT2D eigenvalue weighted by Crippen LogP contribution is -2.73. The van der Waals surface area contributed by atoms with Crippen molar-refractivity contribution >= 4 is 9.84 Å². The van der Waals surface area contributed by atoms with Crippen LogP contribution in [0.15, 0.2) is 0 Å². The molecule has 0 aromatic rings. The molecule has 0 amide bonds. The van der Waals surface area contributed by atoms with E-state index in [1.165, 1.54) is 0 Å².